The van der Waals surface area contributed by atoms with Gasteiger partial charge >= 0.3 is 5.97 Å². The molecule has 110 valence electrons. The lowest BCUT2D eigenvalue weighted by atomic mass is 10.2. The van der Waals surface area contributed by atoms with Crippen molar-refractivity contribution in [2.75, 3.05) is 26.1 Å². The second kappa shape index (κ2) is 7.44. The van der Waals surface area contributed by atoms with E-state index in [2.05, 4.69) is 5.32 Å². The number of nitrogen functional groups attached to an aromatic ring is 1. The van der Waals surface area contributed by atoms with Crippen LogP contribution >= 0.6 is 0 Å². The first-order valence-electron chi connectivity index (χ1n) is 5.94. The van der Waals surface area contributed by atoms with Gasteiger partial charge in [-0.05, 0) is 25.1 Å². The van der Waals surface area contributed by atoms with Crippen LogP contribution in [-0.2, 0) is 14.3 Å². The van der Waals surface area contributed by atoms with Crippen molar-refractivity contribution in [1.82, 2.24) is 5.32 Å². The molecule has 1 unspecified atom stereocenters. The van der Waals surface area contributed by atoms with Crippen LogP contribution in [0.1, 0.15) is 17.3 Å². The number of hydrogen-bond donors (Lipinski definition) is 2. The third-order valence-electron chi connectivity index (χ3n) is 2.39. The number of nitrogens with one attached hydrogen (secondary N) is 1. The van der Waals surface area contributed by atoms with Gasteiger partial charge in [0, 0.05) is 13.2 Å². The molecule has 0 aliphatic carbocycles. The fraction of sp³-hybridized carbons (Fsp3) is 0.385. The van der Waals surface area contributed by atoms with Crippen LogP contribution in [0, 0.1) is 5.82 Å². The smallest absolute Gasteiger partial charge is 0.338 e. The molecule has 0 radical (unpaired) electrons. The van der Waals surface area contributed by atoms with E-state index in [9.17, 15) is 14.0 Å². The molecule has 0 fully saturated rings. The quantitative estimate of drug-likeness (QED) is 0.593. The molecular weight excluding hydrogens is 267 g/mol. The third kappa shape index (κ3) is 4.85. The highest BCUT2D eigenvalue weighted by Gasteiger charge is 2.13. The average Bonchev–Trinajstić information content (AvgIpc) is 2.39. The number of carbonyl (C=O) groups is 2. The number of ether oxygens (including phenoxy) is 2. The standard InChI is InChI=1S/C13H17FN2O4/c1-8(6-19-2)16-12(17)7-20-13(18)9-3-4-11(15)10(14)5-9/h3-5,8H,6-7,15H2,1-2H3,(H,16,17). The van der Waals surface area contributed by atoms with Gasteiger partial charge in [-0.1, -0.05) is 0 Å². The summed E-state index contributed by atoms with van der Waals surface area (Å²) < 4.78 is 22.8. The molecule has 1 amide bonds. The summed E-state index contributed by atoms with van der Waals surface area (Å²) in [5.41, 5.74) is 5.22. The van der Waals surface area contributed by atoms with Crippen LogP contribution in [-0.4, -0.2) is 38.2 Å². The molecule has 0 aromatic heterocycles. The summed E-state index contributed by atoms with van der Waals surface area (Å²) >= 11 is 0. The molecule has 0 bridgehead atoms. The molecule has 1 atom stereocenters. The Bertz CT molecular complexity index is 493. The summed E-state index contributed by atoms with van der Waals surface area (Å²) in [7, 11) is 1.51. The molecule has 6 nitrogen and oxygen atoms in total. The third-order valence-corrected chi connectivity index (χ3v) is 2.39. The monoisotopic (exact) mass is 284 g/mol. The van der Waals surface area contributed by atoms with E-state index >= 15 is 0 Å². The second-order valence-electron chi connectivity index (χ2n) is 4.24. The van der Waals surface area contributed by atoms with Crippen molar-refractivity contribution in [3.63, 3.8) is 0 Å². The normalized spacial score (nSPS) is 11.8. The maximum absolute atomic E-state index is 13.2. The topological polar surface area (TPSA) is 90.6 Å². The first-order chi connectivity index (χ1) is 9.43. The van der Waals surface area contributed by atoms with E-state index in [4.69, 9.17) is 15.2 Å². The molecule has 3 N–H and O–H groups in total. The largest absolute Gasteiger partial charge is 0.452 e. The van der Waals surface area contributed by atoms with Gasteiger partial charge in [0.15, 0.2) is 6.61 Å². The highest BCUT2D eigenvalue weighted by molar-refractivity contribution is 5.91. The van der Waals surface area contributed by atoms with Gasteiger partial charge in [-0.25, -0.2) is 9.18 Å². The molecule has 1 aromatic rings. The number of hydrogen-bond acceptors (Lipinski definition) is 5. The number of nitrogens with two attached hydrogens (primary N) is 1. The summed E-state index contributed by atoms with van der Waals surface area (Å²) in [6, 6.07) is 3.35. The van der Waals surface area contributed by atoms with Gasteiger partial charge in [0.1, 0.15) is 5.82 Å². The zero-order chi connectivity index (χ0) is 15.1. The average molecular weight is 284 g/mol. The van der Waals surface area contributed by atoms with Gasteiger partial charge < -0.3 is 20.5 Å². The molecule has 0 saturated heterocycles. The minimum Gasteiger partial charge on any atom is -0.452 e. The van der Waals surface area contributed by atoms with Crippen LogP contribution in [0.25, 0.3) is 0 Å². The molecule has 0 heterocycles. The van der Waals surface area contributed by atoms with Crippen molar-refractivity contribution in [2.45, 2.75) is 13.0 Å². The molecule has 0 saturated carbocycles. The lowest BCUT2D eigenvalue weighted by Gasteiger charge is -2.12. The van der Waals surface area contributed by atoms with E-state index in [0.717, 1.165) is 6.07 Å². The number of halogens is 1. The van der Waals surface area contributed by atoms with E-state index in [0.29, 0.717) is 6.61 Å². The Kier molecular flexibility index (Phi) is 5.92. The van der Waals surface area contributed by atoms with Crippen molar-refractivity contribution < 1.29 is 23.5 Å². The lowest BCUT2D eigenvalue weighted by Crippen LogP contribution is -2.38. The number of amides is 1. The summed E-state index contributed by atoms with van der Waals surface area (Å²) in [6.45, 7) is 1.65. The van der Waals surface area contributed by atoms with Crippen LogP contribution in [0.2, 0.25) is 0 Å². The lowest BCUT2D eigenvalue weighted by molar-refractivity contribution is -0.125. The fourth-order valence-corrected chi connectivity index (χ4v) is 1.48. The van der Waals surface area contributed by atoms with Crippen molar-refractivity contribution in [3.8, 4) is 0 Å². The predicted molar refractivity (Wildman–Crippen MR) is 70.6 cm³/mol. The minimum absolute atomic E-state index is 0.00515. The zero-order valence-electron chi connectivity index (χ0n) is 11.3. The molecule has 7 heteroatoms. The summed E-state index contributed by atoms with van der Waals surface area (Å²) in [6.07, 6.45) is 0. The van der Waals surface area contributed by atoms with Crippen LogP contribution in [0.3, 0.4) is 0 Å². The highest BCUT2D eigenvalue weighted by atomic mass is 19.1. The number of anilines is 1. The van der Waals surface area contributed by atoms with Crippen molar-refractivity contribution in [2.24, 2.45) is 0 Å². The highest BCUT2D eigenvalue weighted by Crippen LogP contribution is 2.12. The number of methoxy groups -OCH3 is 1. The van der Waals surface area contributed by atoms with Gasteiger partial charge in [0.25, 0.3) is 5.91 Å². The van der Waals surface area contributed by atoms with Gasteiger partial charge in [-0.3, -0.25) is 4.79 Å². The van der Waals surface area contributed by atoms with Crippen molar-refractivity contribution in [3.05, 3.63) is 29.6 Å². The molecule has 0 spiro atoms. The summed E-state index contributed by atoms with van der Waals surface area (Å²) in [5, 5.41) is 2.57. The van der Waals surface area contributed by atoms with Crippen molar-refractivity contribution in [1.29, 1.82) is 0 Å². The van der Waals surface area contributed by atoms with E-state index in [1.165, 1.54) is 19.2 Å². The van der Waals surface area contributed by atoms with Crippen LogP contribution in [0.5, 0.6) is 0 Å². The Morgan fingerprint density at radius 2 is 2.15 bits per heavy atom. The van der Waals surface area contributed by atoms with Crippen LogP contribution in [0.15, 0.2) is 18.2 Å². The SMILES string of the molecule is COCC(C)NC(=O)COC(=O)c1ccc(N)c(F)c1. The number of esters is 1. The van der Waals surface area contributed by atoms with E-state index in [1.807, 2.05) is 0 Å². The van der Waals surface area contributed by atoms with Gasteiger partial charge in [-0.15, -0.1) is 0 Å². The maximum atomic E-state index is 13.2. The van der Waals surface area contributed by atoms with E-state index in [-0.39, 0.29) is 17.3 Å². The fourth-order valence-electron chi connectivity index (χ4n) is 1.48. The Morgan fingerprint density at radius 3 is 2.75 bits per heavy atom. The van der Waals surface area contributed by atoms with E-state index in [1.54, 1.807) is 6.92 Å². The van der Waals surface area contributed by atoms with Gasteiger partial charge in [0.2, 0.25) is 0 Å². The second-order valence-corrected chi connectivity index (χ2v) is 4.24. The predicted octanol–water partition coefficient (Wildman–Crippen LogP) is 0.716. The summed E-state index contributed by atoms with van der Waals surface area (Å²) in [5.74, 6) is -1.96. The van der Waals surface area contributed by atoms with Gasteiger partial charge in [0.05, 0.1) is 17.9 Å². The molecular formula is C13H17FN2O4. The molecule has 0 aliphatic rings. The molecule has 1 aromatic carbocycles. The molecule has 1 rings (SSSR count). The van der Waals surface area contributed by atoms with Crippen LogP contribution < -0.4 is 11.1 Å². The number of rotatable bonds is 6. The maximum Gasteiger partial charge on any atom is 0.338 e. The first kappa shape index (κ1) is 15.9. The zero-order valence-corrected chi connectivity index (χ0v) is 11.3. The Labute approximate surface area is 116 Å². The number of carbonyl (C=O) groups excluding carboxylic acids is 2. The van der Waals surface area contributed by atoms with Gasteiger partial charge in [-0.2, -0.15) is 0 Å². The Balaban J connectivity index is 2.46. The Morgan fingerprint density at radius 1 is 1.45 bits per heavy atom. The molecule has 0 aliphatic heterocycles. The first-order valence-corrected chi connectivity index (χ1v) is 5.94. The number of benzene rings is 1. The van der Waals surface area contributed by atoms with Crippen molar-refractivity contribution >= 4 is 17.6 Å². The van der Waals surface area contributed by atoms with Crippen LogP contribution in [0.4, 0.5) is 10.1 Å². The summed E-state index contributed by atoms with van der Waals surface area (Å²) in [4.78, 5) is 23.0. The minimum atomic E-state index is -0.793. The molecule has 20 heavy (non-hydrogen) atoms. The van der Waals surface area contributed by atoms with E-state index < -0.39 is 24.3 Å². The Hall–Kier alpha value is -2.15.